The van der Waals surface area contributed by atoms with Gasteiger partial charge in [-0.1, -0.05) is 0 Å². The van der Waals surface area contributed by atoms with Crippen LogP contribution in [0.1, 0.15) is 13.8 Å². The minimum Gasteiger partial charge on any atom is -0.477 e. The number of carbonyl (C=O) groups is 4. The molecule has 3 amide bonds. The third kappa shape index (κ3) is 2.36. The number of carbonyl (C=O) groups excluding carboxylic acids is 3. The number of aliphatic carboxylic acids is 1. The number of carboxylic acid groups (broad SMARTS) is 1. The van der Waals surface area contributed by atoms with E-state index in [1.165, 1.54) is 25.6 Å². The molecule has 2 aliphatic heterocycles. The van der Waals surface area contributed by atoms with Gasteiger partial charge in [0.15, 0.2) is 5.70 Å². The van der Waals surface area contributed by atoms with Gasteiger partial charge in [0.05, 0.1) is 5.70 Å². The van der Waals surface area contributed by atoms with Crippen LogP contribution in [0.4, 0.5) is 0 Å². The van der Waals surface area contributed by atoms with Crippen molar-refractivity contribution in [3.8, 4) is 0 Å². The van der Waals surface area contributed by atoms with E-state index in [0.29, 0.717) is 0 Å². The zero-order valence-electron chi connectivity index (χ0n) is 10.8. The second-order valence-corrected chi connectivity index (χ2v) is 5.51. The standard InChI is InChI=1S/C11H13N3O5S/c1-4(15)12-6-3-20-10-7(13-5(2)16)9(17)14(10)8(6)11(18)19/h7,10H,3H2,1-2H3,(H,12,15)(H,13,16)(H,18,19)/t7?,10-/m1/s1. The number of fused-ring (bicyclic) bond motifs is 1. The molecule has 0 saturated carbocycles. The van der Waals surface area contributed by atoms with Crippen LogP contribution < -0.4 is 10.6 Å². The maximum absolute atomic E-state index is 12.0. The van der Waals surface area contributed by atoms with Crippen molar-refractivity contribution in [2.45, 2.75) is 25.3 Å². The first-order valence-corrected chi connectivity index (χ1v) is 6.83. The largest absolute Gasteiger partial charge is 0.477 e. The quantitative estimate of drug-likeness (QED) is 0.566. The Hall–Kier alpha value is -2.03. The lowest BCUT2D eigenvalue weighted by Crippen LogP contribution is -2.70. The number of carboxylic acids is 1. The van der Waals surface area contributed by atoms with Crippen LogP contribution in [-0.2, 0) is 19.2 Å². The molecule has 0 bridgehead atoms. The molecule has 1 saturated heterocycles. The fraction of sp³-hybridized carbons (Fsp3) is 0.455. The van der Waals surface area contributed by atoms with Crippen molar-refractivity contribution < 1.29 is 24.3 Å². The van der Waals surface area contributed by atoms with Gasteiger partial charge in [-0.15, -0.1) is 11.8 Å². The smallest absolute Gasteiger partial charge is 0.354 e. The van der Waals surface area contributed by atoms with E-state index in [9.17, 15) is 24.3 Å². The maximum Gasteiger partial charge on any atom is 0.354 e. The molecule has 0 aromatic heterocycles. The van der Waals surface area contributed by atoms with Crippen molar-refractivity contribution in [1.29, 1.82) is 0 Å². The van der Waals surface area contributed by atoms with Crippen LogP contribution in [0.2, 0.25) is 0 Å². The average molecular weight is 299 g/mol. The molecule has 2 rings (SSSR count). The summed E-state index contributed by atoms with van der Waals surface area (Å²) in [5.74, 6) is -2.27. The van der Waals surface area contributed by atoms with Gasteiger partial charge in [-0.05, 0) is 0 Å². The SMILES string of the molecule is CC(=O)NC1=C(C(=O)O)N2C(=O)C(NC(C)=O)[C@H]2SC1. The summed E-state index contributed by atoms with van der Waals surface area (Å²) >= 11 is 1.29. The number of β-lactam (4-membered cyclic amide) rings is 1. The number of amides is 3. The molecule has 2 aliphatic rings. The Bertz CT molecular complexity index is 544. The summed E-state index contributed by atoms with van der Waals surface area (Å²) in [4.78, 5) is 46.5. The van der Waals surface area contributed by atoms with E-state index in [1.807, 2.05) is 0 Å². The van der Waals surface area contributed by atoms with Gasteiger partial charge < -0.3 is 15.7 Å². The van der Waals surface area contributed by atoms with Crippen molar-refractivity contribution in [2.75, 3.05) is 5.75 Å². The highest BCUT2D eigenvalue weighted by Gasteiger charge is 2.54. The van der Waals surface area contributed by atoms with E-state index in [-0.39, 0.29) is 23.1 Å². The van der Waals surface area contributed by atoms with Crippen LogP contribution in [0.3, 0.4) is 0 Å². The molecule has 8 nitrogen and oxygen atoms in total. The lowest BCUT2D eigenvalue weighted by Gasteiger charge is -2.49. The summed E-state index contributed by atoms with van der Waals surface area (Å²) in [7, 11) is 0. The molecule has 0 spiro atoms. The summed E-state index contributed by atoms with van der Waals surface area (Å²) in [5, 5.41) is 13.7. The summed E-state index contributed by atoms with van der Waals surface area (Å²) in [6.07, 6.45) is 0. The van der Waals surface area contributed by atoms with Gasteiger partial charge in [0, 0.05) is 19.6 Å². The zero-order chi connectivity index (χ0) is 15.0. The molecule has 3 N–H and O–H groups in total. The van der Waals surface area contributed by atoms with Gasteiger partial charge in [-0.3, -0.25) is 19.3 Å². The van der Waals surface area contributed by atoms with Crippen molar-refractivity contribution >= 4 is 35.5 Å². The molecule has 0 aromatic rings. The first-order chi connectivity index (χ1) is 9.32. The van der Waals surface area contributed by atoms with Gasteiger partial charge in [-0.2, -0.15) is 0 Å². The summed E-state index contributed by atoms with van der Waals surface area (Å²) in [6, 6.07) is -0.717. The highest BCUT2D eigenvalue weighted by molar-refractivity contribution is 8.00. The summed E-state index contributed by atoms with van der Waals surface area (Å²) < 4.78 is 0. The van der Waals surface area contributed by atoms with E-state index in [0.717, 1.165) is 4.90 Å². The van der Waals surface area contributed by atoms with Crippen LogP contribution in [0.25, 0.3) is 0 Å². The van der Waals surface area contributed by atoms with Crippen molar-refractivity contribution in [1.82, 2.24) is 15.5 Å². The highest BCUT2D eigenvalue weighted by atomic mass is 32.2. The lowest BCUT2D eigenvalue weighted by atomic mass is 10.0. The number of nitrogens with zero attached hydrogens (tertiary/aromatic N) is 1. The van der Waals surface area contributed by atoms with Crippen LogP contribution in [0, 0.1) is 0 Å². The third-order valence-corrected chi connectivity index (χ3v) is 4.14. The van der Waals surface area contributed by atoms with E-state index in [4.69, 9.17) is 0 Å². The highest BCUT2D eigenvalue weighted by Crippen LogP contribution is 2.39. The number of rotatable bonds is 3. The number of nitrogens with one attached hydrogen (secondary N) is 2. The molecule has 0 aliphatic carbocycles. The Morgan fingerprint density at radius 1 is 1.30 bits per heavy atom. The topological polar surface area (TPSA) is 116 Å². The molecule has 0 radical (unpaired) electrons. The molecule has 2 atom stereocenters. The van der Waals surface area contributed by atoms with E-state index >= 15 is 0 Å². The Balaban J connectivity index is 2.28. The van der Waals surface area contributed by atoms with Gasteiger partial charge in [0.25, 0.3) is 5.91 Å². The fourth-order valence-corrected chi connectivity index (χ4v) is 3.43. The van der Waals surface area contributed by atoms with Gasteiger partial charge in [0.1, 0.15) is 11.4 Å². The van der Waals surface area contributed by atoms with Gasteiger partial charge in [0.2, 0.25) is 11.8 Å². The number of hydrogen-bond donors (Lipinski definition) is 3. The van der Waals surface area contributed by atoms with E-state index in [1.54, 1.807) is 0 Å². The molecular weight excluding hydrogens is 286 g/mol. The number of thioether (sulfide) groups is 1. The fourth-order valence-electron chi connectivity index (χ4n) is 2.15. The van der Waals surface area contributed by atoms with Crippen molar-refractivity contribution in [3.05, 3.63) is 11.4 Å². The number of hydrogen-bond acceptors (Lipinski definition) is 5. The second kappa shape index (κ2) is 5.16. The Morgan fingerprint density at radius 2 is 1.95 bits per heavy atom. The van der Waals surface area contributed by atoms with Crippen LogP contribution in [0.5, 0.6) is 0 Å². The summed E-state index contributed by atoms with van der Waals surface area (Å²) in [5.41, 5.74) is -0.0311. The molecule has 1 fully saturated rings. The Labute approximate surface area is 118 Å². The van der Waals surface area contributed by atoms with Crippen molar-refractivity contribution in [2.24, 2.45) is 0 Å². The lowest BCUT2D eigenvalue weighted by molar-refractivity contribution is -0.150. The molecule has 9 heteroatoms. The monoisotopic (exact) mass is 299 g/mol. The third-order valence-electron chi connectivity index (χ3n) is 2.86. The molecular formula is C11H13N3O5S. The van der Waals surface area contributed by atoms with Crippen LogP contribution >= 0.6 is 11.8 Å². The Kier molecular flexibility index (Phi) is 3.71. The molecule has 2 heterocycles. The normalized spacial score (nSPS) is 24.7. The minimum absolute atomic E-state index is 0.195. The van der Waals surface area contributed by atoms with Gasteiger partial charge in [-0.25, -0.2) is 4.79 Å². The average Bonchev–Trinajstić information content (AvgIpc) is 2.34. The molecule has 0 aromatic carbocycles. The first kappa shape index (κ1) is 14.4. The molecule has 1 unspecified atom stereocenters. The predicted octanol–water partition coefficient (Wildman–Crippen LogP) is -1.16. The first-order valence-electron chi connectivity index (χ1n) is 5.78. The van der Waals surface area contributed by atoms with Crippen LogP contribution in [-0.4, -0.2) is 50.9 Å². The minimum atomic E-state index is -1.28. The van der Waals surface area contributed by atoms with E-state index in [2.05, 4.69) is 10.6 Å². The maximum atomic E-state index is 12.0. The second-order valence-electron chi connectivity index (χ2n) is 4.40. The van der Waals surface area contributed by atoms with E-state index < -0.39 is 29.2 Å². The Morgan fingerprint density at radius 3 is 2.45 bits per heavy atom. The van der Waals surface area contributed by atoms with Crippen LogP contribution in [0.15, 0.2) is 11.4 Å². The molecule has 20 heavy (non-hydrogen) atoms. The zero-order valence-corrected chi connectivity index (χ0v) is 11.6. The summed E-state index contributed by atoms with van der Waals surface area (Å²) in [6.45, 7) is 2.56. The van der Waals surface area contributed by atoms with Crippen molar-refractivity contribution in [3.63, 3.8) is 0 Å². The predicted molar refractivity (Wildman–Crippen MR) is 69.2 cm³/mol. The molecule has 108 valence electrons. The van der Waals surface area contributed by atoms with Gasteiger partial charge >= 0.3 is 5.97 Å².